The first kappa shape index (κ1) is 20.4. The summed E-state index contributed by atoms with van der Waals surface area (Å²) in [6, 6.07) is 5.70. The maximum atomic E-state index is 12.6. The predicted molar refractivity (Wildman–Crippen MR) is 102 cm³/mol. The first-order valence-electron chi connectivity index (χ1n) is 8.75. The fourth-order valence-electron chi connectivity index (χ4n) is 3.01. The lowest BCUT2D eigenvalue weighted by Crippen LogP contribution is -2.28. The van der Waals surface area contributed by atoms with Crippen LogP contribution >= 0.6 is 0 Å². The summed E-state index contributed by atoms with van der Waals surface area (Å²) in [6.07, 6.45) is -0.990. The summed E-state index contributed by atoms with van der Waals surface area (Å²) in [7, 11) is 0. The van der Waals surface area contributed by atoms with Gasteiger partial charge in [-0.25, -0.2) is 4.79 Å². The molecule has 0 radical (unpaired) electrons. The highest BCUT2D eigenvalue weighted by atomic mass is 16.6. The summed E-state index contributed by atoms with van der Waals surface area (Å²) in [5.41, 5.74) is 3.90. The second-order valence-electron chi connectivity index (χ2n) is 6.74. The molecule has 1 N–H and O–H groups in total. The third kappa shape index (κ3) is 4.64. The van der Waals surface area contributed by atoms with E-state index in [9.17, 15) is 14.4 Å². The molecule has 2 aromatic rings. The number of aryl methyl sites for hydroxylation is 3. The molecule has 0 saturated heterocycles. The molecule has 6 nitrogen and oxygen atoms in total. The van der Waals surface area contributed by atoms with Gasteiger partial charge in [-0.1, -0.05) is 12.1 Å². The van der Waals surface area contributed by atoms with Crippen LogP contribution in [0, 0.1) is 27.7 Å². The normalized spacial score (nSPS) is 11.8. The van der Waals surface area contributed by atoms with Crippen molar-refractivity contribution in [2.75, 3.05) is 6.61 Å². The molecular weight excluding hydrogens is 346 g/mol. The van der Waals surface area contributed by atoms with E-state index in [-0.39, 0.29) is 23.9 Å². The average Bonchev–Trinajstić information content (AvgIpc) is 2.89. The molecule has 144 valence electrons. The molecule has 27 heavy (non-hydrogen) atoms. The van der Waals surface area contributed by atoms with E-state index in [4.69, 9.17) is 9.47 Å². The highest BCUT2D eigenvalue weighted by Crippen LogP contribution is 2.21. The summed E-state index contributed by atoms with van der Waals surface area (Å²) in [4.78, 5) is 39.3. The molecule has 0 saturated carbocycles. The largest absolute Gasteiger partial charge is 0.482 e. The number of rotatable bonds is 7. The van der Waals surface area contributed by atoms with Crippen LogP contribution in [0.5, 0.6) is 5.75 Å². The third-order valence-electron chi connectivity index (χ3n) is 4.40. The van der Waals surface area contributed by atoms with Gasteiger partial charge in [0.05, 0.1) is 5.69 Å². The molecule has 0 spiro atoms. The van der Waals surface area contributed by atoms with Crippen LogP contribution in [0.25, 0.3) is 0 Å². The number of hydrogen-bond acceptors (Lipinski definition) is 5. The zero-order valence-electron chi connectivity index (χ0n) is 16.6. The Morgan fingerprint density at radius 1 is 1.11 bits per heavy atom. The minimum atomic E-state index is -0.990. The van der Waals surface area contributed by atoms with Gasteiger partial charge in [0.2, 0.25) is 5.78 Å². The summed E-state index contributed by atoms with van der Waals surface area (Å²) in [5.74, 6) is -0.535. The van der Waals surface area contributed by atoms with Crippen molar-refractivity contribution in [3.05, 3.63) is 51.8 Å². The molecule has 1 aromatic carbocycles. The average molecular weight is 371 g/mol. The maximum Gasteiger partial charge on any atom is 0.344 e. The highest BCUT2D eigenvalue weighted by Gasteiger charge is 2.26. The van der Waals surface area contributed by atoms with Gasteiger partial charge in [0.25, 0.3) is 0 Å². The van der Waals surface area contributed by atoms with E-state index in [0.717, 1.165) is 11.1 Å². The van der Waals surface area contributed by atoms with E-state index in [1.54, 1.807) is 13.8 Å². The molecule has 1 aromatic heterocycles. The number of benzene rings is 1. The van der Waals surface area contributed by atoms with Gasteiger partial charge >= 0.3 is 5.97 Å². The second-order valence-corrected chi connectivity index (χ2v) is 6.74. The number of Topliss-reactive ketones (excluding diaryl/α,β-unsaturated/α-hetero) is 2. The highest BCUT2D eigenvalue weighted by molar-refractivity contribution is 6.05. The molecule has 0 aliphatic heterocycles. The van der Waals surface area contributed by atoms with E-state index in [0.29, 0.717) is 22.6 Å². The molecule has 0 bridgehead atoms. The van der Waals surface area contributed by atoms with Crippen LogP contribution in [0.3, 0.4) is 0 Å². The van der Waals surface area contributed by atoms with E-state index in [2.05, 4.69) is 4.98 Å². The molecular formula is C21H25NO5. The monoisotopic (exact) mass is 371 g/mol. The number of H-pyrrole nitrogens is 1. The number of nitrogens with one attached hydrogen (secondary N) is 1. The summed E-state index contributed by atoms with van der Waals surface area (Å²) < 4.78 is 10.7. The Bertz CT molecular complexity index is 894. The number of ether oxygens (including phenoxy) is 2. The Labute approximate surface area is 158 Å². The Morgan fingerprint density at radius 2 is 1.78 bits per heavy atom. The van der Waals surface area contributed by atoms with Crippen molar-refractivity contribution < 1.29 is 23.9 Å². The standard InChI is InChI=1S/C21H25NO5/c1-11-7-8-12(2)17(9-11)26-10-18(24)27-16(6)21(25)20-13(3)19(15(5)23)14(4)22-20/h7-9,16,22H,10H2,1-6H3/t16-/m1/s1. The van der Waals surface area contributed by atoms with Gasteiger partial charge in [0, 0.05) is 11.3 Å². The molecule has 0 fully saturated rings. The van der Waals surface area contributed by atoms with Gasteiger partial charge in [0.15, 0.2) is 18.5 Å². The number of carbonyl (C=O) groups excluding carboxylic acids is 3. The zero-order valence-corrected chi connectivity index (χ0v) is 16.6. The topological polar surface area (TPSA) is 85.5 Å². The molecule has 2 rings (SSSR count). The smallest absolute Gasteiger partial charge is 0.344 e. The molecule has 0 unspecified atom stereocenters. The van der Waals surface area contributed by atoms with Crippen molar-refractivity contribution in [1.82, 2.24) is 4.98 Å². The van der Waals surface area contributed by atoms with Crippen molar-refractivity contribution >= 4 is 17.5 Å². The number of aromatic nitrogens is 1. The first-order valence-corrected chi connectivity index (χ1v) is 8.75. The Kier molecular flexibility index (Phi) is 6.20. The number of ketones is 2. The van der Waals surface area contributed by atoms with E-state index >= 15 is 0 Å². The van der Waals surface area contributed by atoms with Crippen molar-refractivity contribution in [1.29, 1.82) is 0 Å². The van der Waals surface area contributed by atoms with E-state index < -0.39 is 12.1 Å². The molecule has 1 atom stereocenters. The fourth-order valence-corrected chi connectivity index (χ4v) is 3.01. The first-order chi connectivity index (χ1) is 12.6. The minimum Gasteiger partial charge on any atom is -0.482 e. The van der Waals surface area contributed by atoms with E-state index in [1.807, 2.05) is 32.0 Å². The van der Waals surface area contributed by atoms with E-state index in [1.165, 1.54) is 13.8 Å². The van der Waals surface area contributed by atoms with Crippen LogP contribution in [0.4, 0.5) is 0 Å². The fraction of sp³-hybridized carbons (Fsp3) is 0.381. The Morgan fingerprint density at radius 3 is 2.37 bits per heavy atom. The SMILES string of the molecule is CC(=O)c1c(C)[nH]c(C(=O)[C@@H](C)OC(=O)COc2cc(C)ccc2C)c1C. The van der Waals surface area contributed by atoms with Crippen LogP contribution in [0.2, 0.25) is 0 Å². The predicted octanol–water partition coefficient (Wildman–Crippen LogP) is 3.64. The molecule has 0 aliphatic rings. The quantitative estimate of drug-likeness (QED) is 0.593. The van der Waals surface area contributed by atoms with Crippen molar-refractivity contribution in [3.63, 3.8) is 0 Å². The minimum absolute atomic E-state index is 0.119. The summed E-state index contributed by atoms with van der Waals surface area (Å²) >= 11 is 0. The number of hydrogen-bond donors (Lipinski definition) is 1. The Balaban J connectivity index is 2.02. The zero-order chi connectivity index (χ0) is 20.3. The van der Waals surface area contributed by atoms with Gasteiger partial charge in [-0.05, 0) is 64.3 Å². The lowest BCUT2D eigenvalue weighted by molar-refractivity contribution is -0.148. The van der Waals surface area contributed by atoms with Gasteiger partial charge in [-0.3, -0.25) is 9.59 Å². The van der Waals surface area contributed by atoms with Crippen LogP contribution in [0.1, 0.15) is 57.1 Å². The van der Waals surface area contributed by atoms with Crippen LogP contribution in [-0.2, 0) is 9.53 Å². The molecule has 1 heterocycles. The van der Waals surface area contributed by atoms with Crippen molar-refractivity contribution in [2.24, 2.45) is 0 Å². The lowest BCUT2D eigenvalue weighted by Gasteiger charge is -2.14. The Hall–Kier alpha value is -2.89. The van der Waals surface area contributed by atoms with Gasteiger partial charge in [-0.15, -0.1) is 0 Å². The molecule has 0 aliphatic carbocycles. The van der Waals surface area contributed by atoms with Crippen molar-refractivity contribution in [3.8, 4) is 5.75 Å². The van der Waals surface area contributed by atoms with Crippen LogP contribution in [-0.4, -0.2) is 35.2 Å². The number of carbonyl (C=O) groups is 3. The van der Waals surface area contributed by atoms with Crippen LogP contribution in [0.15, 0.2) is 18.2 Å². The van der Waals surface area contributed by atoms with Crippen LogP contribution < -0.4 is 4.74 Å². The number of esters is 1. The van der Waals surface area contributed by atoms with Crippen molar-refractivity contribution in [2.45, 2.75) is 47.6 Å². The molecule has 0 amide bonds. The molecule has 6 heteroatoms. The lowest BCUT2D eigenvalue weighted by atomic mass is 10.0. The van der Waals surface area contributed by atoms with Gasteiger partial charge in [0.1, 0.15) is 5.75 Å². The third-order valence-corrected chi connectivity index (χ3v) is 4.40. The maximum absolute atomic E-state index is 12.6. The van der Waals surface area contributed by atoms with Gasteiger partial charge < -0.3 is 14.5 Å². The van der Waals surface area contributed by atoms with Gasteiger partial charge in [-0.2, -0.15) is 0 Å². The summed E-state index contributed by atoms with van der Waals surface area (Å²) in [5, 5.41) is 0. The second kappa shape index (κ2) is 8.20. The summed E-state index contributed by atoms with van der Waals surface area (Å²) in [6.45, 7) is 9.91. The number of aromatic amines is 1.